The fourth-order valence-electron chi connectivity index (χ4n) is 6.61. The fourth-order valence-corrected chi connectivity index (χ4v) is 7.86. The van der Waals surface area contributed by atoms with Crippen LogP contribution in [-0.4, -0.2) is 68.8 Å². The first-order valence-electron chi connectivity index (χ1n) is 20.9. The third-order valence-electron chi connectivity index (χ3n) is 9.78. The van der Waals surface area contributed by atoms with Crippen LogP contribution in [0.15, 0.2) is 94.7 Å². The van der Waals surface area contributed by atoms with Gasteiger partial charge in [-0.3, -0.25) is 4.55 Å². The van der Waals surface area contributed by atoms with Crippen molar-refractivity contribution in [2.45, 2.75) is 152 Å². The summed E-state index contributed by atoms with van der Waals surface area (Å²) in [6.45, 7) is 4.46. The van der Waals surface area contributed by atoms with E-state index in [0.717, 1.165) is 48.9 Å². The van der Waals surface area contributed by atoms with E-state index in [1.54, 1.807) is 12.1 Å². The number of hydrogen-bond acceptors (Lipinski definition) is 9. The van der Waals surface area contributed by atoms with Gasteiger partial charge in [-0.25, -0.2) is 8.42 Å². The van der Waals surface area contributed by atoms with Gasteiger partial charge in [0.15, 0.2) is 0 Å². The van der Waals surface area contributed by atoms with E-state index < -0.39 is 35.8 Å². The number of phenolic OH excluding ortho intramolecular Hbond substituents is 1. The Morgan fingerprint density at radius 2 is 0.932 bits per heavy atom. The Balaban J connectivity index is 0.000000400. The van der Waals surface area contributed by atoms with Crippen molar-refractivity contribution in [2.75, 3.05) is 0 Å². The first-order valence-corrected chi connectivity index (χ1v) is 23.8. The third kappa shape index (κ3) is 21.5. The summed E-state index contributed by atoms with van der Waals surface area (Å²) < 4.78 is 77.9. The van der Waals surface area contributed by atoms with Gasteiger partial charge in [-0.2, -0.15) is 8.42 Å². The van der Waals surface area contributed by atoms with E-state index in [4.69, 9.17) is 9.47 Å². The largest absolute Gasteiger partial charge is 2.00 e. The molecule has 4 aromatic rings. The molecule has 0 bridgehead atoms. The summed E-state index contributed by atoms with van der Waals surface area (Å²) >= 11 is 0. The van der Waals surface area contributed by atoms with Gasteiger partial charge in [-0.1, -0.05) is 147 Å². The van der Waals surface area contributed by atoms with Crippen LogP contribution in [0.4, 0.5) is 0 Å². The summed E-state index contributed by atoms with van der Waals surface area (Å²) in [6, 6.07) is 21.7. The SMILES string of the molecule is CCCCCCCCCCCc1cccc(Oc2ccc(O)cc2S(=O)(=O)O)c1.CCCCCCCCCCCc1cccc(Oc2ccc([O-])cc2S(=O)(=O)[O-])c1.[Ca+2]. The number of benzene rings is 4. The first kappa shape index (κ1) is 52.3. The van der Waals surface area contributed by atoms with Crippen LogP contribution >= 0.6 is 0 Å². The molecule has 0 heterocycles. The number of ether oxygens (including phenoxy) is 2. The maximum absolute atomic E-state index is 11.5. The van der Waals surface area contributed by atoms with E-state index in [1.165, 1.54) is 127 Å². The Morgan fingerprint density at radius 3 is 1.36 bits per heavy atom. The second-order valence-corrected chi connectivity index (χ2v) is 17.6. The van der Waals surface area contributed by atoms with Crippen molar-refractivity contribution in [1.82, 2.24) is 0 Å². The molecule has 0 atom stereocenters. The standard InChI is InChI=1S/2C23H32O5S.Ca/c2*1-2-3-4-5-6-7-8-9-10-12-19-13-11-14-21(17-19)28-22-16-15-20(24)18-23(22)29(25,26)27;/h2*11,13-18,24H,2-10,12H2,1H3,(H,25,26,27);/q;;+2/p-2. The fraction of sp³-hybridized carbons (Fsp3) is 0.478. The van der Waals surface area contributed by atoms with Crippen molar-refractivity contribution in [3.8, 4) is 34.5 Å². The molecule has 13 heteroatoms. The van der Waals surface area contributed by atoms with Crippen molar-refractivity contribution in [3.63, 3.8) is 0 Å². The average molecular weight is 879 g/mol. The average Bonchev–Trinajstić information content (AvgIpc) is 3.18. The Kier molecular flexibility index (Phi) is 25.4. The molecule has 320 valence electrons. The summed E-state index contributed by atoms with van der Waals surface area (Å²) in [6.07, 6.45) is 24.8. The third-order valence-corrected chi connectivity index (χ3v) is 11.5. The van der Waals surface area contributed by atoms with E-state index in [0.29, 0.717) is 11.5 Å². The van der Waals surface area contributed by atoms with Gasteiger partial charge < -0.3 is 24.2 Å². The van der Waals surface area contributed by atoms with Crippen LogP contribution in [0.1, 0.15) is 141 Å². The minimum absolute atomic E-state index is 0. The van der Waals surface area contributed by atoms with Crippen molar-refractivity contribution in [1.29, 1.82) is 0 Å². The molecule has 59 heavy (non-hydrogen) atoms. The molecule has 0 aromatic heterocycles. The molecule has 4 aromatic carbocycles. The normalized spacial score (nSPS) is 11.3. The number of aryl methyl sites for hydroxylation is 2. The summed E-state index contributed by atoms with van der Waals surface area (Å²) in [7, 11) is -9.29. The van der Waals surface area contributed by atoms with Crippen molar-refractivity contribution in [3.05, 3.63) is 96.1 Å². The van der Waals surface area contributed by atoms with E-state index >= 15 is 0 Å². The van der Waals surface area contributed by atoms with E-state index in [-0.39, 0.29) is 55.0 Å². The summed E-state index contributed by atoms with van der Waals surface area (Å²) in [5.74, 6) is -0.0173. The molecule has 0 radical (unpaired) electrons. The van der Waals surface area contributed by atoms with Crippen LogP contribution in [0.5, 0.6) is 34.5 Å². The number of phenols is 1. The van der Waals surface area contributed by atoms with Crippen molar-refractivity contribution < 1.29 is 45.6 Å². The molecular weight excluding hydrogens is 817 g/mol. The molecular formula is C46H62CaO10S2. The number of rotatable bonds is 26. The number of unbranched alkanes of at least 4 members (excludes halogenated alkanes) is 16. The molecule has 0 aliphatic rings. The smallest absolute Gasteiger partial charge is 0.872 e. The summed E-state index contributed by atoms with van der Waals surface area (Å²) in [5, 5.41) is 20.9. The van der Waals surface area contributed by atoms with Crippen molar-refractivity contribution in [2.24, 2.45) is 0 Å². The van der Waals surface area contributed by atoms with E-state index in [2.05, 4.69) is 13.8 Å². The van der Waals surface area contributed by atoms with Crippen LogP contribution in [0, 0.1) is 0 Å². The zero-order chi connectivity index (χ0) is 42.2. The zero-order valence-electron chi connectivity index (χ0n) is 34.9. The molecule has 0 saturated heterocycles. The summed E-state index contributed by atoms with van der Waals surface area (Å²) in [5.41, 5.74) is 2.22. The second kappa shape index (κ2) is 28.6. The first-order chi connectivity index (χ1) is 27.8. The topological polar surface area (TPSA) is 173 Å². The van der Waals surface area contributed by atoms with Crippen LogP contribution in [0.3, 0.4) is 0 Å². The predicted octanol–water partition coefficient (Wildman–Crippen LogP) is 11.7. The molecule has 0 aliphatic heterocycles. The van der Waals surface area contributed by atoms with Crippen LogP contribution < -0.4 is 14.6 Å². The predicted molar refractivity (Wildman–Crippen MR) is 232 cm³/mol. The Morgan fingerprint density at radius 1 is 0.525 bits per heavy atom. The minimum Gasteiger partial charge on any atom is -0.872 e. The monoisotopic (exact) mass is 878 g/mol. The number of hydrogen-bond donors (Lipinski definition) is 2. The quantitative estimate of drug-likeness (QED) is 0.0351. The molecule has 0 fully saturated rings. The molecule has 4 rings (SSSR count). The van der Waals surface area contributed by atoms with Crippen LogP contribution in [-0.2, 0) is 33.1 Å². The van der Waals surface area contributed by atoms with Gasteiger partial charge in [0.1, 0.15) is 43.8 Å². The zero-order valence-corrected chi connectivity index (χ0v) is 38.8. The molecule has 0 spiro atoms. The van der Waals surface area contributed by atoms with Crippen molar-refractivity contribution >= 4 is 58.0 Å². The van der Waals surface area contributed by atoms with Gasteiger partial charge in [0, 0.05) is 6.07 Å². The second-order valence-electron chi connectivity index (χ2n) is 14.8. The molecule has 0 unspecified atom stereocenters. The van der Waals surface area contributed by atoms with Gasteiger partial charge >= 0.3 is 37.7 Å². The van der Waals surface area contributed by atoms with Gasteiger partial charge in [0.05, 0.1) is 4.90 Å². The number of aromatic hydroxyl groups is 1. The molecule has 0 aliphatic carbocycles. The molecule has 0 saturated carbocycles. The molecule has 2 N–H and O–H groups in total. The van der Waals surface area contributed by atoms with Gasteiger partial charge in [-0.05, 0) is 85.3 Å². The van der Waals surface area contributed by atoms with Gasteiger partial charge in [0.2, 0.25) is 0 Å². The Bertz CT molecular complexity index is 1870. The maximum Gasteiger partial charge on any atom is 2.00 e. The van der Waals surface area contributed by atoms with Crippen LogP contribution in [0.25, 0.3) is 0 Å². The molecule has 10 nitrogen and oxygen atoms in total. The maximum atomic E-state index is 11.5. The molecule has 0 amide bonds. The van der Waals surface area contributed by atoms with Crippen LogP contribution in [0.2, 0.25) is 0 Å². The van der Waals surface area contributed by atoms with E-state index in [9.17, 15) is 36.2 Å². The van der Waals surface area contributed by atoms with Gasteiger partial charge in [0.25, 0.3) is 10.1 Å². The van der Waals surface area contributed by atoms with E-state index in [1.807, 2.05) is 36.4 Å². The Labute approximate surface area is 383 Å². The Hall–Kier alpha value is -2.84. The van der Waals surface area contributed by atoms with Gasteiger partial charge in [-0.15, -0.1) is 5.75 Å². The minimum atomic E-state index is -4.79. The summed E-state index contributed by atoms with van der Waals surface area (Å²) in [4.78, 5) is -1.09.